The van der Waals surface area contributed by atoms with Crippen molar-refractivity contribution in [2.24, 2.45) is 0 Å². The van der Waals surface area contributed by atoms with E-state index in [0.29, 0.717) is 0 Å². The highest BCUT2D eigenvalue weighted by Crippen LogP contribution is 2.23. The summed E-state index contributed by atoms with van der Waals surface area (Å²) in [5, 5.41) is 0. The first-order chi connectivity index (χ1) is 11.1. The number of hydrogen-bond acceptors (Lipinski definition) is 0. The molecule has 0 N–H and O–H groups in total. The van der Waals surface area contributed by atoms with Crippen molar-refractivity contribution in [3.63, 3.8) is 0 Å². The molecule has 0 saturated heterocycles. The molecule has 0 nitrogen and oxygen atoms in total. The Balaban J connectivity index is 3.36. The van der Waals surface area contributed by atoms with Crippen LogP contribution < -0.4 is 0 Å². The molecule has 0 fully saturated rings. The van der Waals surface area contributed by atoms with Gasteiger partial charge in [0.15, 0.2) is 0 Å². The fourth-order valence-corrected chi connectivity index (χ4v) is 5.99. The van der Waals surface area contributed by atoms with Crippen LogP contribution in [0.15, 0.2) is 25.3 Å². The monoisotopic (exact) mass is 336 g/mol. The van der Waals surface area contributed by atoms with Gasteiger partial charge in [0, 0.05) is 8.07 Å². The summed E-state index contributed by atoms with van der Waals surface area (Å²) in [6.45, 7) is 12.8. The van der Waals surface area contributed by atoms with Gasteiger partial charge in [-0.1, -0.05) is 102 Å². The predicted molar refractivity (Wildman–Crippen MR) is 112 cm³/mol. The highest BCUT2D eigenvalue weighted by molar-refractivity contribution is 6.77. The lowest BCUT2D eigenvalue weighted by Crippen LogP contribution is -2.24. The number of allylic oxidation sites excluding steroid dienone is 2. The van der Waals surface area contributed by atoms with Gasteiger partial charge in [0.25, 0.3) is 0 Å². The second kappa shape index (κ2) is 16.6. The zero-order valence-electron chi connectivity index (χ0n) is 16.4. The van der Waals surface area contributed by atoms with E-state index in [1.165, 1.54) is 89.9 Å². The van der Waals surface area contributed by atoms with E-state index >= 15 is 0 Å². The molecule has 0 unspecified atom stereocenters. The fraction of sp³-hybridized carbons (Fsp3) is 0.818. The van der Waals surface area contributed by atoms with Crippen molar-refractivity contribution >= 4 is 8.07 Å². The van der Waals surface area contributed by atoms with Crippen molar-refractivity contribution < 1.29 is 0 Å². The fourth-order valence-electron chi connectivity index (χ4n) is 3.32. The highest BCUT2D eigenvalue weighted by Gasteiger charge is 2.18. The second-order valence-corrected chi connectivity index (χ2v) is 13.4. The number of hydrogen-bond donors (Lipinski definition) is 0. The van der Waals surface area contributed by atoms with E-state index in [2.05, 4.69) is 38.4 Å². The van der Waals surface area contributed by atoms with Gasteiger partial charge in [0.05, 0.1) is 0 Å². The van der Waals surface area contributed by atoms with Crippen LogP contribution in [0.2, 0.25) is 25.2 Å². The molecular formula is C22H44Si. The zero-order chi connectivity index (χ0) is 17.2. The highest BCUT2D eigenvalue weighted by atomic mass is 28.3. The molecule has 0 aliphatic rings. The van der Waals surface area contributed by atoms with Crippen LogP contribution in [-0.4, -0.2) is 8.07 Å². The predicted octanol–water partition coefficient (Wildman–Crippen LogP) is 8.53. The molecule has 0 aliphatic carbocycles. The Kier molecular flexibility index (Phi) is 16.3. The molecule has 0 radical (unpaired) electrons. The van der Waals surface area contributed by atoms with Crippen molar-refractivity contribution in [3.05, 3.63) is 25.3 Å². The van der Waals surface area contributed by atoms with E-state index in [1.807, 2.05) is 0 Å². The minimum absolute atomic E-state index is 0.892. The molecule has 0 atom stereocenters. The molecular weight excluding hydrogens is 292 g/mol. The summed E-state index contributed by atoms with van der Waals surface area (Å²) in [5.74, 6) is 0. The molecule has 0 aliphatic heterocycles. The topological polar surface area (TPSA) is 0 Å². The van der Waals surface area contributed by atoms with Gasteiger partial charge in [-0.15, -0.1) is 13.2 Å². The Hall–Kier alpha value is -0.303. The van der Waals surface area contributed by atoms with Crippen molar-refractivity contribution in [2.45, 2.75) is 115 Å². The molecule has 23 heavy (non-hydrogen) atoms. The van der Waals surface area contributed by atoms with Gasteiger partial charge in [0.2, 0.25) is 0 Å². The summed E-state index contributed by atoms with van der Waals surface area (Å²) in [4.78, 5) is 0. The maximum absolute atomic E-state index is 3.79. The average Bonchev–Trinajstić information content (AvgIpc) is 2.52. The van der Waals surface area contributed by atoms with Gasteiger partial charge < -0.3 is 0 Å². The van der Waals surface area contributed by atoms with E-state index in [0.717, 1.165) is 0 Å². The largest absolute Gasteiger partial charge is 0.103 e. The van der Waals surface area contributed by atoms with Crippen molar-refractivity contribution in [1.29, 1.82) is 0 Å². The Morgan fingerprint density at radius 3 is 1.17 bits per heavy atom. The molecule has 0 aromatic carbocycles. The molecule has 0 bridgehead atoms. The van der Waals surface area contributed by atoms with E-state index in [9.17, 15) is 0 Å². The first kappa shape index (κ1) is 22.7. The lowest BCUT2D eigenvalue weighted by atomic mass is 10.1. The van der Waals surface area contributed by atoms with Crippen LogP contribution in [0.4, 0.5) is 0 Å². The van der Waals surface area contributed by atoms with Gasteiger partial charge in [-0.3, -0.25) is 0 Å². The summed E-state index contributed by atoms with van der Waals surface area (Å²) in [6, 6.07) is 3.11. The third kappa shape index (κ3) is 17.9. The van der Waals surface area contributed by atoms with E-state index in [1.54, 1.807) is 12.1 Å². The van der Waals surface area contributed by atoms with Crippen LogP contribution >= 0.6 is 0 Å². The van der Waals surface area contributed by atoms with Crippen LogP contribution in [0.25, 0.3) is 0 Å². The Morgan fingerprint density at radius 2 is 0.826 bits per heavy atom. The normalized spacial score (nSPS) is 11.6. The quantitative estimate of drug-likeness (QED) is 0.134. The van der Waals surface area contributed by atoms with E-state index in [-0.39, 0.29) is 0 Å². The van der Waals surface area contributed by atoms with Crippen molar-refractivity contribution in [1.82, 2.24) is 0 Å². The molecule has 0 aromatic heterocycles. The van der Waals surface area contributed by atoms with E-state index in [4.69, 9.17) is 0 Å². The van der Waals surface area contributed by atoms with Crippen LogP contribution in [0.5, 0.6) is 0 Å². The molecule has 0 saturated carbocycles. The maximum Gasteiger partial charge on any atom is 0.0473 e. The summed E-state index contributed by atoms with van der Waals surface area (Å²) in [6.07, 6.45) is 23.7. The standard InChI is InChI=1S/C22H44Si/c1-5-7-9-11-13-15-17-19-21-23(3,4)22-20-18-16-14-12-10-8-6-2/h5-6H,1-2,7-22H2,3-4H3. The summed E-state index contributed by atoms with van der Waals surface area (Å²) >= 11 is 0. The Morgan fingerprint density at radius 1 is 0.522 bits per heavy atom. The summed E-state index contributed by atoms with van der Waals surface area (Å²) in [5.41, 5.74) is 0. The maximum atomic E-state index is 3.79. The van der Waals surface area contributed by atoms with Crippen LogP contribution in [0.3, 0.4) is 0 Å². The van der Waals surface area contributed by atoms with Gasteiger partial charge in [-0.05, 0) is 25.7 Å². The average molecular weight is 337 g/mol. The lowest BCUT2D eigenvalue weighted by Gasteiger charge is -2.22. The van der Waals surface area contributed by atoms with Crippen LogP contribution in [0, 0.1) is 0 Å². The third-order valence-corrected chi connectivity index (χ3v) is 8.44. The van der Waals surface area contributed by atoms with Gasteiger partial charge in [0.1, 0.15) is 0 Å². The first-order valence-corrected chi connectivity index (χ1v) is 13.8. The molecule has 0 spiro atoms. The number of unbranched alkanes of at least 4 members (excludes halogenated alkanes) is 12. The SMILES string of the molecule is C=CCCCCCCCC[Si](C)(C)CCCCCCCCC=C. The van der Waals surface area contributed by atoms with Crippen LogP contribution in [-0.2, 0) is 0 Å². The van der Waals surface area contributed by atoms with Gasteiger partial charge in [-0.25, -0.2) is 0 Å². The molecule has 0 rings (SSSR count). The minimum Gasteiger partial charge on any atom is -0.103 e. The lowest BCUT2D eigenvalue weighted by molar-refractivity contribution is 0.603. The van der Waals surface area contributed by atoms with Crippen LogP contribution in [0.1, 0.15) is 89.9 Å². The van der Waals surface area contributed by atoms with Gasteiger partial charge >= 0.3 is 0 Å². The first-order valence-electron chi connectivity index (χ1n) is 10.3. The molecule has 136 valence electrons. The second-order valence-electron chi connectivity index (χ2n) is 8.06. The van der Waals surface area contributed by atoms with Gasteiger partial charge in [-0.2, -0.15) is 0 Å². The zero-order valence-corrected chi connectivity index (χ0v) is 17.4. The molecule has 0 amide bonds. The number of rotatable bonds is 18. The molecule has 0 aromatic rings. The summed E-state index contributed by atoms with van der Waals surface area (Å²) in [7, 11) is -0.892. The molecule has 1 heteroatoms. The smallest absolute Gasteiger partial charge is 0.0473 e. The minimum atomic E-state index is -0.892. The summed E-state index contributed by atoms with van der Waals surface area (Å²) < 4.78 is 0. The third-order valence-electron chi connectivity index (χ3n) is 5.02. The van der Waals surface area contributed by atoms with Crippen molar-refractivity contribution in [2.75, 3.05) is 0 Å². The molecule has 0 heterocycles. The van der Waals surface area contributed by atoms with Crippen molar-refractivity contribution in [3.8, 4) is 0 Å². The van der Waals surface area contributed by atoms with E-state index < -0.39 is 8.07 Å². The Bertz CT molecular complexity index is 241. The Labute approximate surface area is 148 Å².